The van der Waals surface area contributed by atoms with Crippen molar-refractivity contribution in [1.82, 2.24) is 0 Å². The van der Waals surface area contributed by atoms with Crippen molar-refractivity contribution in [1.29, 1.82) is 0 Å². The summed E-state index contributed by atoms with van der Waals surface area (Å²) in [5.74, 6) is 0. The maximum Gasteiger partial charge on any atom is 0.240 e. The molecule has 0 amide bonds. The van der Waals surface area contributed by atoms with Crippen molar-refractivity contribution >= 4 is 23.5 Å². The van der Waals surface area contributed by atoms with E-state index in [4.69, 9.17) is 4.74 Å². The highest BCUT2D eigenvalue weighted by Crippen LogP contribution is 2.23. The summed E-state index contributed by atoms with van der Waals surface area (Å²) >= 11 is 0. The highest BCUT2D eigenvalue weighted by atomic mass is 16.6. The summed E-state index contributed by atoms with van der Waals surface area (Å²) in [6, 6.07) is 4.88. The molecule has 1 aromatic carbocycles. The van der Waals surface area contributed by atoms with Crippen molar-refractivity contribution in [2.24, 2.45) is 9.98 Å². The molecule has 1 atom stereocenters. The first-order valence-corrected chi connectivity index (χ1v) is 6.13. The monoisotopic (exact) mass is 276 g/mol. The molecule has 1 aromatic rings. The van der Waals surface area contributed by atoms with Crippen LogP contribution in [0.2, 0.25) is 0 Å². The van der Waals surface area contributed by atoms with E-state index in [1.165, 1.54) is 18.2 Å². The Balaban J connectivity index is 0.000000228. The van der Waals surface area contributed by atoms with E-state index in [0.717, 1.165) is 25.4 Å². The Labute approximate surface area is 117 Å². The third-order valence-electron chi connectivity index (χ3n) is 2.24. The number of rotatable bonds is 2. The second-order valence-electron chi connectivity index (χ2n) is 4.13. The topological polar surface area (TPSA) is 83.9 Å². The molecule has 0 aliphatic carbocycles. The largest absolute Gasteiger partial charge is 0.377 e. The van der Waals surface area contributed by atoms with Crippen molar-refractivity contribution in [3.8, 4) is 0 Å². The van der Waals surface area contributed by atoms with Crippen LogP contribution in [0.15, 0.2) is 28.2 Å². The molecule has 20 heavy (non-hydrogen) atoms. The number of aryl methyl sites for hydroxylation is 1. The third kappa shape index (κ3) is 8.08. The molecule has 6 heteroatoms. The van der Waals surface area contributed by atoms with E-state index in [2.05, 4.69) is 21.6 Å². The van der Waals surface area contributed by atoms with Gasteiger partial charge in [0.1, 0.15) is 0 Å². The predicted octanol–water partition coefficient (Wildman–Crippen LogP) is 2.35. The van der Waals surface area contributed by atoms with Crippen LogP contribution in [0, 0.1) is 6.92 Å². The lowest BCUT2D eigenvalue weighted by Gasteiger charge is -1.97. The molecule has 0 radical (unpaired) electrons. The first kappa shape index (κ1) is 16.0. The Morgan fingerprint density at radius 3 is 2.15 bits per heavy atom. The molecule has 3 rings (SSSR count). The van der Waals surface area contributed by atoms with Crippen LogP contribution >= 0.6 is 0 Å². The summed E-state index contributed by atoms with van der Waals surface area (Å²) in [6.45, 7) is 6.84. The predicted molar refractivity (Wildman–Crippen MR) is 73.0 cm³/mol. The van der Waals surface area contributed by atoms with Gasteiger partial charge in [0.05, 0.1) is 37.3 Å². The second-order valence-corrected chi connectivity index (χ2v) is 4.13. The van der Waals surface area contributed by atoms with Gasteiger partial charge in [0.2, 0.25) is 12.2 Å². The summed E-state index contributed by atoms with van der Waals surface area (Å²) in [5, 5.41) is 0. The Morgan fingerprint density at radius 1 is 1.20 bits per heavy atom. The molecule has 0 N–H and O–H groups in total. The summed E-state index contributed by atoms with van der Waals surface area (Å²) in [6.07, 6.45) is 3.42. The summed E-state index contributed by atoms with van der Waals surface area (Å²) in [7, 11) is 0. The van der Waals surface area contributed by atoms with Crippen molar-refractivity contribution in [3.63, 3.8) is 0 Å². The second kappa shape index (κ2) is 8.91. The SMILES string of the molecule is C1CO1.CC1CO1.Cc1ccc(N=C=O)cc1N=C=O. The molecule has 0 bridgehead atoms. The molecular weight excluding hydrogens is 260 g/mol. The van der Waals surface area contributed by atoms with E-state index in [-0.39, 0.29) is 0 Å². The van der Waals surface area contributed by atoms with Gasteiger partial charge in [0, 0.05) is 0 Å². The van der Waals surface area contributed by atoms with Gasteiger partial charge in [-0.1, -0.05) is 6.07 Å². The fourth-order valence-electron chi connectivity index (χ4n) is 0.986. The Bertz CT molecular complexity index is 523. The molecule has 0 saturated carbocycles. The lowest BCUT2D eigenvalue weighted by atomic mass is 10.2. The van der Waals surface area contributed by atoms with Crippen LogP contribution in [0.25, 0.3) is 0 Å². The molecule has 0 aromatic heterocycles. The number of nitrogens with zero attached hydrogens (tertiary/aromatic N) is 2. The number of benzene rings is 1. The number of aliphatic imine (C=N–C) groups is 2. The van der Waals surface area contributed by atoms with Crippen LogP contribution < -0.4 is 0 Å². The van der Waals surface area contributed by atoms with Crippen LogP contribution in [-0.2, 0) is 19.1 Å². The molecule has 1 unspecified atom stereocenters. The molecule has 2 saturated heterocycles. The summed E-state index contributed by atoms with van der Waals surface area (Å²) in [4.78, 5) is 26.8. The van der Waals surface area contributed by atoms with Gasteiger partial charge in [-0.05, 0) is 31.5 Å². The molecule has 2 aliphatic rings. The van der Waals surface area contributed by atoms with Crippen LogP contribution in [0.3, 0.4) is 0 Å². The standard InChI is InChI=1S/C9H6N2O2.C3H6O.C2H4O/c1-7-2-3-8(10-5-12)4-9(7)11-6-13;1-3-2-4-3;1-2-3-1/h2-4H,1H3;3H,2H2,1H3;1-2H2. The van der Waals surface area contributed by atoms with E-state index in [1.54, 1.807) is 19.1 Å². The highest BCUT2D eigenvalue weighted by Gasteiger charge is 2.13. The quantitative estimate of drug-likeness (QED) is 0.471. The fourth-order valence-corrected chi connectivity index (χ4v) is 0.986. The van der Waals surface area contributed by atoms with Gasteiger partial charge in [-0.15, -0.1) is 0 Å². The van der Waals surface area contributed by atoms with Crippen molar-refractivity contribution < 1.29 is 19.1 Å². The minimum absolute atomic E-state index is 0.426. The molecule has 2 aliphatic heterocycles. The zero-order valence-electron chi connectivity index (χ0n) is 11.5. The summed E-state index contributed by atoms with van der Waals surface area (Å²) < 4.78 is 9.21. The molecule has 2 fully saturated rings. The van der Waals surface area contributed by atoms with E-state index >= 15 is 0 Å². The number of isocyanates is 2. The zero-order chi connectivity index (χ0) is 14.8. The van der Waals surface area contributed by atoms with Gasteiger partial charge in [-0.3, -0.25) is 0 Å². The number of hydrogen-bond donors (Lipinski definition) is 0. The lowest BCUT2D eigenvalue weighted by molar-refractivity contribution is 0.423. The van der Waals surface area contributed by atoms with E-state index in [0.29, 0.717) is 17.5 Å². The molecule has 6 nitrogen and oxygen atoms in total. The maximum absolute atomic E-state index is 10.00. The van der Waals surface area contributed by atoms with Gasteiger partial charge >= 0.3 is 0 Å². The Kier molecular flexibility index (Phi) is 7.11. The molecular formula is C14H16N2O4. The van der Waals surface area contributed by atoms with Gasteiger partial charge in [-0.2, -0.15) is 9.98 Å². The number of epoxide rings is 2. The van der Waals surface area contributed by atoms with E-state index < -0.39 is 0 Å². The van der Waals surface area contributed by atoms with Crippen LogP contribution in [0.1, 0.15) is 12.5 Å². The van der Waals surface area contributed by atoms with Gasteiger partial charge in [-0.25, -0.2) is 9.59 Å². The zero-order valence-corrected chi connectivity index (χ0v) is 11.5. The average Bonchev–Trinajstić information content (AvgIpc) is 3.27. The van der Waals surface area contributed by atoms with Crippen molar-refractivity contribution in [2.45, 2.75) is 20.0 Å². The normalized spacial score (nSPS) is 17.0. The van der Waals surface area contributed by atoms with E-state index in [9.17, 15) is 9.59 Å². The first-order chi connectivity index (χ1) is 9.67. The lowest BCUT2D eigenvalue weighted by Crippen LogP contribution is -1.73. The smallest absolute Gasteiger partial charge is 0.240 e. The van der Waals surface area contributed by atoms with Gasteiger partial charge in [0.25, 0.3) is 0 Å². The number of hydrogen-bond acceptors (Lipinski definition) is 6. The van der Waals surface area contributed by atoms with Crippen LogP contribution in [-0.4, -0.2) is 38.1 Å². The van der Waals surface area contributed by atoms with Crippen molar-refractivity contribution in [2.75, 3.05) is 19.8 Å². The minimum atomic E-state index is 0.426. The van der Waals surface area contributed by atoms with E-state index in [1.807, 2.05) is 0 Å². The van der Waals surface area contributed by atoms with Crippen molar-refractivity contribution in [3.05, 3.63) is 23.8 Å². The van der Waals surface area contributed by atoms with Crippen LogP contribution in [0.5, 0.6) is 0 Å². The minimum Gasteiger partial charge on any atom is -0.377 e. The average molecular weight is 276 g/mol. The molecule has 106 valence electrons. The number of carbonyl (C=O) groups excluding carboxylic acids is 2. The van der Waals surface area contributed by atoms with Gasteiger partial charge < -0.3 is 9.47 Å². The molecule has 2 heterocycles. The van der Waals surface area contributed by atoms with Crippen LogP contribution in [0.4, 0.5) is 11.4 Å². The maximum atomic E-state index is 10.00. The first-order valence-electron chi connectivity index (χ1n) is 6.13. The third-order valence-corrected chi connectivity index (χ3v) is 2.24. The van der Waals surface area contributed by atoms with Gasteiger partial charge in [0.15, 0.2) is 0 Å². The fraction of sp³-hybridized carbons (Fsp3) is 0.429. The Hall–Kier alpha value is -2.10. The molecule has 0 spiro atoms. The number of ether oxygens (including phenoxy) is 2. The summed E-state index contributed by atoms with van der Waals surface area (Å²) in [5.41, 5.74) is 1.72. The highest BCUT2D eigenvalue weighted by molar-refractivity contribution is 5.61. The Morgan fingerprint density at radius 2 is 1.75 bits per heavy atom.